The minimum atomic E-state index is 0.655. The fourth-order valence-corrected chi connectivity index (χ4v) is 2.47. The summed E-state index contributed by atoms with van der Waals surface area (Å²) in [6.07, 6.45) is 1.17. The molecule has 1 saturated heterocycles. The molecule has 5 heteroatoms. The van der Waals surface area contributed by atoms with Crippen molar-refractivity contribution in [2.45, 2.75) is 6.42 Å². The third-order valence-electron chi connectivity index (χ3n) is 2.04. The maximum Gasteiger partial charge on any atom is 0.183 e. The summed E-state index contributed by atoms with van der Waals surface area (Å²) >= 11 is 4.94. The Bertz CT molecular complexity index is 273. The average molecular weight is 263 g/mol. The van der Waals surface area contributed by atoms with Gasteiger partial charge in [-0.05, 0) is 22.4 Å². The van der Waals surface area contributed by atoms with Crippen LogP contribution in [0.4, 0.5) is 5.13 Å². The molecule has 0 bridgehead atoms. The van der Waals surface area contributed by atoms with E-state index in [2.05, 4.69) is 26.2 Å². The zero-order chi connectivity index (χ0) is 9.10. The van der Waals surface area contributed by atoms with E-state index in [0.717, 1.165) is 29.5 Å². The maximum absolute atomic E-state index is 5.28. The monoisotopic (exact) mass is 262 g/mol. The first-order chi connectivity index (χ1) is 6.34. The van der Waals surface area contributed by atoms with Gasteiger partial charge in [0, 0.05) is 24.4 Å². The molecule has 72 valence electrons. The number of thiazole rings is 1. The highest BCUT2D eigenvalue weighted by atomic mass is 79.9. The zero-order valence-corrected chi connectivity index (χ0v) is 9.53. The molecule has 2 heterocycles. The number of anilines is 1. The van der Waals surface area contributed by atoms with Crippen LogP contribution < -0.4 is 5.32 Å². The lowest BCUT2D eigenvalue weighted by atomic mass is 10.1. The van der Waals surface area contributed by atoms with Crippen LogP contribution >= 0.6 is 27.3 Å². The minimum Gasteiger partial charge on any atom is -0.381 e. The average Bonchev–Trinajstić information content (AvgIpc) is 2.71. The second kappa shape index (κ2) is 4.39. The van der Waals surface area contributed by atoms with Gasteiger partial charge in [0.05, 0.1) is 6.61 Å². The highest BCUT2D eigenvalue weighted by molar-refractivity contribution is 9.10. The summed E-state index contributed by atoms with van der Waals surface area (Å²) < 4.78 is 6.19. The van der Waals surface area contributed by atoms with E-state index < -0.39 is 0 Å². The van der Waals surface area contributed by atoms with E-state index in [9.17, 15) is 0 Å². The summed E-state index contributed by atoms with van der Waals surface area (Å²) in [5, 5.41) is 6.27. The van der Waals surface area contributed by atoms with Gasteiger partial charge in [-0.15, -0.1) is 11.3 Å². The molecule has 13 heavy (non-hydrogen) atoms. The highest BCUT2D eigenvalue weighted by Gasteiger charge is 2.15. The van der Waals surface area contributed by atoms with Crippen molar-refractivity contribution in [1.82, 2.24) is 4.98 Å². The van der Waals surface area contributed by atoms with E-state index in [4.69, 9.17) is 4.74 Å². The first-order valence-electron chi connectivity index (χ1n) is 4.27. The Kier molecular flexibility index (Phi) is 3.18. The molecule has 1 aliphatic rings. The molecule has 0 saturated carbocycles. The topological polar surface area (TPSA) is 34.1 Å². The van der Waals surface area contributed by atoms with Crippen LogP contribution in [-0.4, -0.2) is 24.7 Å². The SMILES string of the molecule is Brc1csc(NCC2CCOC2)n1. The second-order valence-electron chi connectivity index (χ2n) is 3.09. The number of hydrogen-bond donors (Lipinski definition) is 1. The predicted octanol–water partition coefficient (Wildman–Crippen LogP) is 2.35. The second-order valence-corrected chi connectivity index (χ2v) is 4.76. The van der Waals surface area contributed by atoms with E-state index in [0.29, 0.717) is 5.92 Å². The highest BCUT2D eigenvalue weighted by Crippen LogP contribution is 2.20. The molecule has 1 N–H and O–H groups in total. The van der Waals surface area contributed by atoms with Crippen molar-refractivity contribution < 1.29 is 4.74 Å². The zero-order valence-electron chi connectivity index (χ0n) is 7.12. The van der Waals surface area contributed by atoms with E-state index in [1.807, 2.05) is 5.38 Å². The Balaban J connectivity index is 1.78. The number of nitrogens with zero attached hydrogens (tertiary/aromatic N) is 1. The van der Waals surface area contributed by atoms with Crippen LogP contribution in [0.15, 0.2) is 9.98 Å². The summed E-state index contributed by atoms with van der Waals surface area (Å²) in [7, 11) is 0. The molecular formula is C8H11BrN2OS. The minimum absolute atomic E-state index is 0.655. The molecule has 1 aliphatic heterocycles. The van der Waals surface area contributed by atoms with E-state index >= 15 is 0 Å². The van der Waals surface area contributed by atoms with Crippen LogP contribution in [0.25, 0.3) is 0 Å². The largest absolute Gasteiger partial charge is 0.381 e. The molecule has 0 radical (unpaired) electrons. The molecule has 1 aromatic rings. The van der Waals surface area contributed by atoms with Gasteiger partial charge in [-0.1, -0.05) is 0 Å². The molecule has 1 aromatic heterocycles. The summed E-state index contributed by atoms with van der Waals surface area (Å²) in [4.78, 5) is 4.25. The molecule has 2 rings (SSSR count). The van der Waals surface area contributed by atoms with E-state index in [-0.39, 0.29) is 0 Å². The number of hydrogen-bond acceptors (Lipinski definition) is 4. The lowest BCUT2D eigenvalue weighted by Crippen LogP contribution is -2.13. The molecule has 0 amide bonds. The van der Waals surface area contributed by atoms with Crippen LogP contribution in [0.1, 0.15) is 6.42 Å². The molecule has 1 unspecified atom stereocenters. The smallest absolute Gasteiger partial charge is 0.183 e. The van der Waals surface area contributed by atoms with Crippen molar-refractivity contribution in [3.05, 3.63) is 9.98 Å². The lowest BCUT2D eigenvalue weighted by molar-refractivity contribution is 0.187. The van der Waals surface area contributed by atoms with Crippen LogP contribution in [-0.2, 0) is 4.74 Å². The third-order valence-corrected chi connectivity index (χ3v) is 3.55. The summed E-state index contributed by atoms with van der Waals surface area (Å²) in [5.74, 6) is 0.655. The number of aromatic nitrogens is 1. The predicted molar refractivity (Wildman–Crippen MR) is 57.2 cm³/mol. The lowest BCUT2D eigenvalue weighted by Gasteiger charge is -2.07. The number of halogens is 1. The quantitative estimate of drug-likeness (QED) is 0.909. The Morgan fingerprint density at radius 2 is 2.69 bits per heavy atom. The van der Waals surface area contributed by atoms with Gasteiger partial charge < -0.3 is 10.1 Å². The Hall–Kier alpha value is -0.130. The van der Waals surface area contributed by atoms with Crippen LogP contribution in [0, 0.1) is 5.92 Å². The van der Waals surface area contributed by atoms with Crippen molar-refractivity contribution >= 4 is 32.4 Å². The van der Waals surface area contributed by atoms with Crippen molar-refractivity contribution in [2.75, 3.05) is 25.1 Å². The molecule has 1 fully saturated rings. The maximum atomic E-state index is 5.28. The van der Waals surface area contributed by atoms with Gasteiger partial charge in [-0.2, -0.15) is 0 Å². The van der Waals surface area contributed by atoms with Crippen molar-refractivity contribution in [3.63, 3.8) is 0 Å². The molecular weight excluding hydrogens is 252 g/mol. The van der Waals surface area contributed by atoms with Gasteiger partial charge in [-0.25, -0.2) is 4.98 Å². The summed E-state index contributed by atoms with van der Waals surface area (Å²) in [6, 6.07) is 0. The van der Waals surface area contributed by atoms with E-state index in [1.54, 1.807) is 11.3 Å². The molecule has 0 aromatic carbocycles. The van der Waals surface area contributed by atoms with Gasteiger partial charge in [0.1, 0.15) is 4.60 Å². The van der Waals surface area contributed by atoms with Crippen LogP contribution in [0.3, 0.4) is 0 Å². The third kappa shape index (κ3) is 2.65. The summed E-state index contributed by atoms with van der Waals surface area (Å²) in [6.45, 7) is 2.77. The molecule has 0 aliphatic carbocycles. The molecule has 3 nitrogen and oxygen atoms in total. The Morgan fingerprint density at radius 1 is 1.77 bits per heavy atom. The molecule has 1 atom stereocenters. The van der Waals surface area contributed by atoms with Gasteiger partial charge in [-0.3, -0.25) is 0 Å². The van der Waals surface area contributed by atoms with Crippen LogP contribution in [0.5, 0.6) is 0 Å². The number of nitrogens with one attached hydrogen (secondary N) is 1. The van der Waals surface area contributed by atoms with E-state index in [1.165, 1.54) is 6.42 Å². The number of rotatable bonds is 3. The Labute approximate surface area is 89.6 Å². The first kappa shape index (κ1) is 9.43. The van der Waals surface area contributed by atoms with Crippen molar-refractivity contribution in [3.8, 4) is 0 Å². The fraction of sp³-hybridized carbons (Fsp3) is 0.625. The van der Waals surface area contributed by atoms with Gasteiger partial charge in [0.2, 0.25) is 0 Å². The normalized spacial score (nSPS) is 22.1. The van der Waals surface area contributed by atoms with Gasteiger partial charge in [0.25, 0.3) is 0 Å². The molecule has 0 spiro atoms. The van der Waals surface area contributed by atoms with Crippen molar-refractivity contribution in [1.29, 1.82) is 0 Å². The van der Waals surface area contributed by atoms with Crippen LogP contribution in [0.2, 0.25) is 0 Å². The van der Waals surface area contributed by atoms with Gasteiger partial charge >= 0.3 is 0 Å². The van der Waals surface area contributed by atoms with Crippen molar-refractivity contribution in [2.24, 2.45) is 5.92 Å². The Morgan fingerprint density at radius 3 is 3.31 bits per heavy atom. The fourth-order valence-electron chi connectivity index (χ4n) is 1.31. The van der Waals surface area contributed by atoms with Gasteiger partial charge in [0.15, 0.2) is 5.13 Å². The first-order valence-corrected chi connectivity index (χ1v) is 5.94. The standard InChI is InChI=1S/C8H11BrN2OS/c9-7-5-13-8(11-7)10-3-6-1-2-12-4-6/h5-6H,1-4H2,(H,10,11). The summed E-state index contributed by atoms with van der Waals surface area (Å²) in [5.41, 5.74) is 0. The number of ether oxygens (including phenoxy) is 1.